The van der Waals surface area contributed by atoms with Crippen LogP contribution in [0.5, 0.6) is 0 Å². The fourth-order valence-electron chi connectivity index (χ4n) is 1.46. The van der Waals surface area contributed by atoms with Gasteiger partial charge in [0.05, 0.1) is 4.92 Å². The van der Waals surface area contributed by atoms with Crippen LogP contribution in [0.1, 0.15) is 36.7 Å². The quantitative estimate of drug-likeness (QED) is 0.519. The number of rotatable bonds is 4. The van der Waals surface area contributed by atoms with E-state index >= 15 is 0 Å². The zero-order valence-electron chi connectivity index (χ0n) is 11.5. The summed E-state index contributed by atoms with van der Waals surface area (Å²) >= 11 is 0. The number of alkyl carbamates (subject to hydrolysis) is 1. The predicted octanol–water partition coefficient (Wildman–Crippen LogP) is 2.43. The van der Waals surface area contributed by atoms with Crippen molar-refractivity contribution in [2.24, 2.45) is 0 Å². The summed E-state index contributed by atoms with van der Waals surface area (Å²) in [6.07, 6.45) is -0.110. The van der Waals surface area contributed by atoms with Crippen molar-refractivity contribution in [3.05, 3.63) is 39.4 Å². The standard InChI is InChI=1S/C13H16N2O5/c1-13(2,3)20-12(17)14-7-9-4-10(8-16)6-11(5-9)15(18)19/h4-6,8H,7H2,1-3H3,(H,14,17). The first-order valence-electron chi connectivity index (χ1n) is 5.91. The Morgan fingerprint density at radius 2 is 2.05 bits per heavy atom. The first-order chi connectivity index (χ1) is 9.21. The van der Waals surface area contributed by atoms with Crippen LogP contribution in [0.4, 0.5) is 10.5 Å². The van der Waals surface area contributed by atoms with Gasteiger partial charge in [-0.1, -0.05) is 0 Å². The van der Waals surface area contributed by atoms with Crippen molar-refractivity contribution >= 4 is 18.1 Å². The molecule has 0 bridgehead atoms. The maximum atomic E-state index is 11.5. The lowest BCUT2D eigenvalue weighted by Crippen LogP contribution is -2.32. The molecule has 1 rings (SSSR count). The molecule has 0 aliphatic rings. The lowest BCUT2D eigenvalue weighted by Gasteiger charge is -2.19. The molecule has 0 atom stereocenters. The van der Waals surface area contributed by atoms with E-state index in [0.29, 0.717) is 11.8 Å². The summed E-state index contributed by atoms with van der Waals surface area (Å²) < 4.78 is 5.04. The SMILES string of the molecule is CC(C)(C)OC(=O)NCc1cc(C=O)cc([N+](=O)[O-])c1. The number of nitro benzene ring substituents is 1. The molecule has 1 amide bonds. The summed E-state index contributed by atoms with van der Waals surface area (Å²) in [5, 5.41) is 13.2. The maximum absolute atomic E-state index is 11.5. The van der Waals surface area contributed by atoms with Gasteiger partial charge in [-0.25, -0.2) is 4.79 Å². The minimum atomic E-state index is -0.628. The van der Waals surface area contributed by atoms with E-state index in [0.717, 1.165) is 0 Å². The summed E-state index contributed by atoms with van der Waals surface area (Å²) in [6.45, 7) is 5.22. The van der Waals surface area contributed by atoms with E-state index in [-0.39, 0.29) is 17.8 Å². The molecule has 0 aliphatic heterocycles. The van der Waals surface area contributed by atoms with Gasteiger partial charge in [-0.05, 0) is 32.4 Å². The zero-order chi connectivity index (χ0) is 15.3. The highest BCUT2D eigenvalue weighted by atomic mass is 16.6. The Balaban J connectivity index is 2.77. The van der Waals surface area contributed by atoms with Gasteiger partial charge in [0.25, 0.3) is 5.69 Å². The normalized spacial score (nSPS) is 10.8. The van der Waals surface area contributed by atoms with E-state index in [1.807, 2.05) is 0 Å². The molecular weight excluding hydrogens is 264 g/mol. The molecule has 1 aromatic carbocycles. The van der Waals surface area contributed by atoms with Crippen molar-refractivity contribution in [1.29, 1.82) is 0 Å². The lowest BCUT2D eigenvalue weighted by molar-refractivity contribution is -0.384. The molecule has 0 saturated heterocycles. The molecule has 1 N–H and O–H groups in total. The van der Waals surface area contributed by atoms with Crippen molar-refractivity contribution in [2.75, 3.05) is 0 Å². The summed E-state index contributed by atoms with van der Waals surface area (Å²) in [5.41, 5.74) is -0.191. The van der Waals surface area contributed by atoms with Crippen LogP contribution in [-0.2, 0) is 11.3 Å². The van der Waals surface area contributed by atoms with Crippen LogP contribution < -0.4 is 5.32 Å². The third-order valence-electron chi connectivity index (χ3n) is 2.18. The number of hydrogen-bond acceptors (Lipinski definition) is 5. The molecule has 20 heavy (non-hydrogen) atoms. The van der Waals surface area contributed by atoms with E-state index < -0.39 is 16.6 Å². The minimum absolute atomic E-state index is 0.0391. The molecule has 0 heterocycles. The van der Waals surface area contributed by atoms with Crippen LogP contribution in [0, 0.1) is 10.1 Å². The summed E-state index contributed by atoms with van der Waals surface area (Å²) in [7, 11) is 0. The first-order valence-corrected chi connectivity index (χ1v) is 5.91. The van der Waals surface area contributed by atoms with E-state index in [2.05, 4.69) is 5.32 Å². The highest BCUT2D eigenvalue weighted by Gasteiger charge is 2.16. The van der Waals surface area contributed by atoms with Crippen molar-refractivity contribution in [1.82, 2.24) is 5.32 Å². The van der Waals surface area contributed by atoms with Gasteiger partial charge in [-0.15, -0.1) is 0 Å². The van der Waals surface area contributed by atoms with Gasteiger partial charge in [0.2, 0.25) is 0 Å². The van der Waals surface area contributed by atoms with Crippen LogP contribution in [0.3, 0.4) is 0 Å². The van der Waals surface area contributed by atoms with E-state index in [1.165, 1.54) is 18.2 Å². The third kappa shape index (κ3) is 5.05. The van der Waals surface area contributed by atoms with Crippen molar-refractivity contribution in [3.8, 4) is 0 Å². The molecule has 7 nitrogen and oxygen atoms in total. The smallest absolute Gasteiger partial charge is 0.407 e. The maximum Gasteiger partial charge on any atom is 0.407 e. The van der Waals surface area contributed by atoms with Gasteiger partial charge in [0.15, 0.2) is 0 Å². The van der Waals surface area contributed by atoms with E-state index in [9.17, 15) is 19.7 Å². The van der Waals surface area contributed by atoms with Gasteiger partial charge in [-0.2, -0.15) is 0 Å². The van der Waals surface area contributed by atoms with Crippen LogP contribution in [0.15, 0.2) is 18.2 Å². The average Bonchev–Trinajstić information content (AvgIpc) is 2.33. The highest BCUT2D eigenvalue weighted by Crippen LogP contribution is 2.16. The Bertz CT molecular complexity index is 534. The van der Waals surface area contributed by atoms with Crippen molar-refractivity contribution in [3.63, 3.8) is 0 Å². The number of amides is 1. The second-order valence-corrected chi connectivity index (χ2v) is 5.16. The zero-order valence-corrected chi connectivity index (χ0v) is 11.5. The Morgan fingerprint density at radius 1 is 1.40 bits per heavy atom. The fourth-order valence-corrected chi connectivity index (χ4v) is 1.46. The molecule has 0 radical (unpaired) electrons. The summed E-state index contributed by atoms with van der Waals surface area (Å²) in [6, 6.07) is 3.94. The van der Waals surface area contributed by atoms with Crippen molar-refractivity contribution in [2.45, 2.75) is 32.9 Å². The molecule has 0 aromatic heterocycles. The van der Waals surface area contributed by atoms with Gasteiger partial charge in [0, 0.05) is 24.2 Å². The van der Waals surface area contributed by atoms with Crippen molar-refractivity contribution < 1.29 is 19.2 Å². The number of nitro groups is 1. The number of ether oxygens (including phenoxy) is 1. The second-order valence-electron chi connectivity index (χ2n) is 5.16. The molecule has 7 heteroatoms. The van der Waals surface area contributed by atoms with Crippen LogP contribution in [-0.4, -0.2) is 22.9 Å². The summed E-state index contributed by atoms with van der Waals surface area (Å²) in [4.78, 5) is 32.3. The number of hydrogen-bond donors (Lipinski definition) is 1. The predicted molar refractivity (Wildman–Crippen MR) is 71.6 cm³/mol. The van der Waals surface area contributed by atoms with Crippen LogP contribution >= 0.6 is 0 Å². The Labute approximate surface area is 116 Å². The number of aldehydes is 1. The molecule has 0 aliphatic carbocycles. The Kier molecular flexibility index (Phi) is 4.79. The number of benzene rings is 1. The highest BCUT2D eigenvalue weighted by molar-refractivity contribution is 5.76. The van der Waals surface area contributed by atoms with Crippen LogP contribution in [0.2, 0.25) is 0 Å². The first kappa shape index (κ1) is 15.6. The Hall–Kier alpha value is -2.44. The molecule has 0 spiro atoms. The number of nitrogens with one attached hydrogen (secondary N) is 1. The number of carbonyl (C=O) groups excluding carboxylic acids is 2. The lowest BCUT2D eigenvalue weighted by atomic mass is 10.1. The minimum Gasteiger partial charge on any atom is -0.444 e. The molecular formula is C13H16N2O5. The largest absolute Gasteiger partial charge is 0.444 e. The number of non-ortho nitro benzene ring substituents is 1. The topological polar surface area (TPSA) is 98.5 Å². The van der Waals surface area contributed by atoms with Gasteiger partial charge >= 0.3 is 6.09 Å². The fraction of sp³-hybridized carbons (Fsp3) is 0.385. The van der Waals surface area contributed by atoms with Crippen LogP contribution in [0.25, 0.3) is 0 Å². The average molecular weight is 280 g/mol. The van der Waals surface area contributed by atoms with Gasteiger partial charge in [0.1, 0.15) is 11.9 Å². The second kappa shape index (κ2) is 6.14. The van der Waals surface area contributed by atoms with Gasteiger partial charge in [-0.3, -0.25) is 14.9 Å². The molecule has 0 unspecified atom stereocenters. The molecule has 0 saturated carbocycles. The van der Waals surface area contributed by atoms with Gasteiger partial charge < -0.3 is 10.1 Å². The molecule has 1 aromatic rings. The Morgan fingerprint density at radius 3 is 2.55 bits per heavy atom. The van der Waals surface area contributed by atoms with E-state index in [1.54, 1.807) is 20.8 Å². The van der Waals surface area contributed by atoms with E-state index in [4.69, 9.17) is 4.74 Å². The summed E-state index contributed by atoms with van der Waals surface area (Å²) in [5.74, 6) is 0. The molecule has 108 valence electrons. The monoisotopic (exact) mass is 280 g/mol. The number of nitrogens with zero attached hydrogens (tertiary/aromatic N) is 1. The number of carbonyl (C=O) groups is 2. The third-order valence-corrected chi connectivity index (χ3v) is 2.18. The molecule has 0 fully saturated rings.